The fourth-order valence-corrected chi connectivity index (χ4v) is 4.99. The van der Waals surface area contributed by atoms with Crippen LogP contribution < -0.4 is 14.8 Å². The van der Waals surface area contributed by atoms with Gasteiger partial charge in [0.05, 0.1) is 5.25 Å². The number of nitrogens with zero attached hydrogens (tertiary/aromatic N) is 2. The summed E-state index contributed by atoms with van der Waals surface area (Å²) in [5, 5.41) is 13.1. The van der Waals surface area contributed by atoms with Crippen LogP contribution in [0.4, 0.5) is 0 Å². The van der Waals surface area contributed by atoms with Gasteiger partial charge in [-0.05, 0) is 30.5 Å². The first-order chi connectivity index (χ1) is 15.7. The number of carbonyl (C=O) groups is 5. The summed E-state index contributed by atoms with van der Waals surface area (Å²) in [5.74, 6) is -1.62. The van der Waals surface area contributed by atoms with E-state index in [1.807, 2.05) is 0 Å². The summed E-state index contributed by atoms with van der Waals surface area (Å²) in [6.45, 7) is 1.59. The van der Waals surface area contributed by atoms with Crippen molar-refractivity contribution in [2.24, 2.45) is 0 Å². The number of rotatable bonds is 6. The predicted octanol–water partition coefficient (Wildman–Crippen LogP) is 0.314. The van der Waals surface area contributed by atoms with E-state index in [9.17, 15) is 29.1 Å². The molecule has 0 saturated carbocycles. The van der Waals surface area contributed by atoms with Crippen molar-refractivity contribution in [3.8, 4) is 11.5 Å². The first kappa shape index (κ1) is 22.9. The number of hydrogen-bond donors (Lipinski definition) is 2. The number of carboxylic acids is 1. The fraction of sp³-hybridized carbons (Fsp3) is 0.476. The number of amides is 3. The predicted molar refractivity (Wildman–Crippen MR) is 114 cm³/mol. The van der Waals surface area contributed by atoms with E-state index in [1.165, 1.54) is 6.92 Å². The molecule has 1 aromatic carbocycles. The van der Waals surface area contributed by atoms with Crippen LogP contribution in [0.1, 0.15) is 31.7 Å². The van der Waals surface area contributed by atoms with Crippen LogP contribution in [0.5, 0.6) is 11.5 Å². The van der Waals surface area contributed by atoms with E-state index in [0.717, 1.165) is 27.3 Å². The first-order valence-corrected chi connectivity index (χ1v) is 11.3. The van der Waals surface area contributed by atoms with Crippen molar-refractivity contribution in [2.45, 2.75) is 49.9 Å². The molecule has 3 amide bonds. The highest BCUT2D eigenvalue weighted by atomic mass is 32.2. The Kier molecular flexibility index (Phi) is 6.45. The normalized spacial score (nSPS) is 22.6. The highest BCUT2D eigenvalue weighted by Gasteiger charge is 2.47. The summed E-state index contributed by atoms with van der Waals surface area (Å²) in [4.78, 5) is 62.0. The molecular formula is C21H23N3O8S. The number of hydrogen-bond acceptors (Lipinski definition) is 8. The number of fused-ring (bicyclic) bond motifs is 2. The summed E-state index contributed by atoms with van der Waals surface area (Å²) in [7, 11) is 0. The van der Waals surface area contributed by atoms with Crippen LogP contribution in [-0.4, -0.2) is 74.6 Å². The largest absolute Gasteiger partial charge is 0.480 e. The Morgan fingerprint density at radius 2 is 1.97 bits per heavy atom. The van der Waals surface area contributed by atoms with Crippen molar-refractivity contribution < 1.29 is 38.6 Å². The van der Waals surface area contributed by atoms with Gasteiger partial charge in [-0.2, -0.15) is 0 Å². The Morgan fingerprint density at radius 1 is 1.21 bits per heavy atom. The second kappa shape index (κ2) is 9.30. The second-order valence-corrected chi connectivity index (χ2v) is 9.31. The lowest BCUT2D eigenvalue weighted by molar-refractivity contribution is -0.166. The van der Waals surface area contributed by atoms with E-state index >= 15 is 0 Å². The van der Waals surface area contributed by atoms with E-state index in [-0.39, 0.29) is 50.0 Å². The van der Waals surface area contributed by atoms with Crippen LogP contribution in [0.25, 0.3) is 0 Å². The van der Waals surface area contributed by atoms with Crippen LogP contribution in [-0.2, 0) is 30.4 Å². The van der Waals surface area contributed by atoms with Crippen molar-refractivity contribution in [2.75, 3.05) is 13.3 Å². The molecule has 2 saturated heterocycles. The topological polar surface area (TPSA) is 143 Å². The molecule has 2 N–H and O–H groups in total. The Hall–Kier alpha value is -3.28. The average Bonchev–Trinajstić information content (AvgIpc) is 3.39. The minimum absolute atomic E-state index is 0.00773. The third kappa shape index (κ3) is 4.75. The Labute approximate surface area is 193 Å². The van der Waals surface area contributed by atoms with Crippen molar-refractivity contribution in [3.05, 3.63) is 23.8 Å². The fourth-order valence-electron chi connectivity index (χ4n) is 4.14. The molecule has 0 aliphatic carbocycles. The molecule has 4 rings (SSSR count). The minimum atomic E-state index is -1.21. The zero-order valence-corrected chi connectivity index (χ0v) is 18.6. The zero-order valence-electron chi connectivity index (χ0n) is 17.8. The maximum Gasteiger partial charge on any atom is 0.328 e. The van der Waals surface area contributed by atoms with Crippen molar-refractivity contribution in [1.82, 2.24) is 15.3 Å². The number of ether oxygens (including phenoxy) is 2. The number of carboxylic acid groups (broad SMARTS) is 1. The molecule has 0 aromatic heterocycles. The number of thioether (sulfide) groups is 1. The van der Waals surface area contributed by atoms with Gasteiger partial charge in [-0.25, -0.2) is 9.80 Å². The van der Waals surface area contributed by atoms with Gasteiger partial charge in [-0.1, -0.05) is 17.8 Å². The van der Waals surface area contributed by atoms with E-state index in [4.69, 9.17) is 9.47 Å². The third-order valence-corrected chi connectivity index (χ3v) is 6.69. The monoisotopic (exact) mass is 477 g/mol. The van der Waals surface area contributed by atoms with Gasteiger partial charge in [-0.15, -0.1) is 0 Å². The summed E-state index contributed by atoms with van der Waals surface area (Å²) >= 11 is 0.837. The molecule has 3 aliphatic heterocycles. The summed E-state index contributed by atoms with van der Waals surface area (Å²) in [6.07, 6.45) is 0.358. The molecular weight excluding hydrogens is 454 g/mol. The maximum atomic E-state index is 13.1. The molecule has 3 atom stereocenters. The Morgan fingerprint density at radius 3 is 2.70 bits per heavy atom. The van der Waals surface area contributed by atoms with Gasteiger partial charge in [-0.3, -0.25) is 24.2 Å². The standard InChI is InChI=1S/C21H23N3O8S/c1-11(25)33-17(9-12-2-4-15-16(8-12)32-10-31-15)19(27)22-13-3-5-18(26)23-7-6-14(21(29)30)24(23)20(13)28/h2,4,8,13-14,17H,3,5-7,9-10H2,1H3,(H,22,27)(H,29,30)/t13?,14?,17-/m0/s1. The number of carbonyl (C=O) groups excluding carboxylic acids is 4. The summed E-state index contributed by atoms with van der Waals surface area (Å²) < 4.78 is 10.6. The smallest absolute Gasteiger partial charge is 0.328 e. The van der Waals surface area contributed by atoms with Gasteiger partial charge in [0.1, 0.15) is 6.04 Å². The molecule has 12 heteroatoms. The van der Waals surface area contributed by atoms with Crippen LogP contribution in [0.2, 0.25) is 0 Å². The van der Waals surface area contributed by atoms with E-state index < -0.39 is 35.1 Å². The van der Waals surface area contributed by atoms with Crippen molar-refractivity contribution in [1.29, 1.82) is 0 Å². The lowest BCUT2D eigenvalue weighted by Gasteiger charge is -2.30. The molecule has 0 bridgehead atoms. The molecule has 3 heterocycles. The van der Waals surface area contributed by atoms with Crippen molar-refractivity contribution in [3.63, 3.8) is 0 Å². The molecule has 11 nitrogen and oxygen atoms in total. The van der Waals surface area contributed by atoms with Gasteiger partial charge in [0, 0.05) is 26.3 Å². The highest BCUT2D eigenvalue weighted by molar-refractivity contribution is 8.14. The molecule has 0 radical (unpaired) electrons. The Bertz CT molecular complexity index is 1020. The summed E-state index contributed by atoms with van der Waals surface area (Å²) in [6, 6.07) is 3.00. The van der Waals surface area contributed by atoms with Gasteiger partial charge in [0.2, 0.25) is 18.6 Å². The molecule has 176 valence electrons. The molecule has 2 unspecified atom stereocenters. The van der Waals surface area contributed by atoms with Gasteiger partial charge in [0.15, 0.2) is 22.7 Å². The maximum absolute atomic E-state index is 13.1. The molecule has 3 aliphatic rings. The van der Waals surface area contributed by atoms with E-state index in [2.05, 4.69) is 5.32 Å². The lowest BCUT2D eigenvalue weighted by Crippen LogP contribution is -2.55. The van der Waals surface area contributed by atoms with Crippen molar-refractivity contribution >= 4 is 40.6 Å². The first-order valence-electron chi connectivity index (χ1n) is 10.5. The Balaban J connectivity index is 1.50. The van der Waals surface area contributed by atoms with Crippen LogP contribution >= 0.6 is 11.8 Å². The van der Waals surface area contributed by atoms with Gasteiger partial charge in [0.25, 0.3) is 5.91 Å². The number of benzene rings is 1. The number of hydrazine groups is 1. The van der Waals surface area contributed by atoms with E-state index in [1.54, 1.807) is 18.2 Å². The van der Waals surface area contributed by atoms with Crippen LogP contribution in [0.3, 0.4) is 0 Å². The van der Waals surface area contributed by atoms with Crippen LogP contribution in [0.15, 0.2) is 18.2 Å². The molecule has 33 heavy (non-hydrogen) atoms. The third-order valence-electron chi connectivity index (χ3n) is 5.69. The van der Waals surface area contributed by atoms with Gasteiger partial charge < -0.3 is 19.9 Å². The lowest BCUT2D eigenvalue weighted by atomic mass is 10.1. The second-order valence-electron chi connectivity index (χ2n) is 7.93. The summed E-state index contributed by atoms with van der Waals surface area (Å²) in [5.41, 5.74) is 0.743. The SMILES string of the molecule is CC(=O)S[C@@H](Cc1ccc2c(c1)OCO2)C(=O)NC1CCC(=O)N2CCC(C(=O)O)N2C1=O. The highest BCUT2D eigenvalue weighted by Crippen LogP contribution is 2.33. The zero-order chi connectivity index (χ0) is 23.7. The minimum Gasteiger partial charge on any atom is -0.480 e. The molecule has 1 aromatic rings. The molecule has 2 fully saturated rings. The number of nitrogens with one attached hydrogen (secondary N) is 1. The quantitative estimate of drug-likeness (QED) is 0.592. The van der Waals surface area contributed by atoms with E-state index in [0.29, 0.717) is 11.5 Å². The van der Waals surface area contributed by atoms with Crippen LogP contribution in [0, 0.1) is 0 Å². The number of aliphatic carboxylic acids is 1. The molecule has 0 spiro atoms. The average molecular weight is 477 g/mol. The van der Waals surface area contributed by atoms with Gasteiger partial charge >= 0.3 is 5.97 Å².